The van der Waals surface area contributed by atoms with Gasteiger partial charge in [0.15, 0.2) is 0 Å². The third-order valence-corrected chi connectivity index (χ3v) is 4.67. The SMILES string of the molecule is C1CN2CCC1CC2.CC(C(=O)O)c1ccc(C(F)(F)F)cc1. The number of carbonyl (C=O) groups is 1. The quantitative estimate of drug-likeness (QED) is 0.892. The summed E-state index contributed by atoms with van der Waals surface area (Å²) in [5.74, 6) is -0.748. The zero-order valence-corrected chi connectivity index (χ0v) is 13.1. The minimum atomic E-state index is -4.38. The van der Waals surface area contributed by atoms with Crippen LogP contribution in [0.2, 0.25) is 0 Å². The van der Waals surface area contributed by atoms with Gasteiger partial charge in [0.25, 0.3) is 0 Å². The molecule has 1 aromatic rings. The Morgan fingerprint density at radius 1 is 1.13 bits per heavy atom. The standard InChI is InChI=1S/C10H9F3O2.C7H13N/c1-6(9(14)15)7-2-4-8(5-3-7)10(11,12)13;1-4-8-5-2-7(1)3-6-8/h2-6H,1H3,(H,14,15);7H,1-6H2. The second kappa shape index (κ2) is 7.34. The average molecular weight is 329 g/mol. The highest BCUT2D eigenvalue weighted by Gasteiger charge is 2.30. The van der Waals surface area contributed by atoms with Crippen molar-refractivity contribution >= 4 is 5.97 Å². The van der Waals surface area contributed by atoms with Crippen LogP contribution in [0, 0.1) is 5.92 Å². The van der Waals surface area contributed by atoms with Crippen LogP contribution in [0.15, 0.2) is 24.3 Å². The van der Waals surface area contributed by atoms with Crippen molar-refractivity contribution in [2.45, 2.75) is 38.3 Å². The molecule has 3 nitrogen and oxygen atoms in total. The predicted molar refractivity (Wildman–Crippen MR) is 81.3 cm³/mol. The highest BCUT2D eigenvalue weighted by atomic mass is 19.4. The summed E-state index contributed by atoms with van der Waals surface area (Å²) >= 11 is 0. The van der Waals surface area contributed by atoms with E-state index in [-0.39, 0.29) is 0 Å². The summed E-state index contributed by atoms with van der Waals surface area (Å²) < 4.78 is 36.5. The first-order valence-corrected chi connectivity index (χ1v) is 7.89. The van der Waals surface area contributed by atoms with Crippen molar-refractivity contribution in [3.05, 3.63) is 35.4 Å². The van der Waals surface area contributed by atoms with E-state index in [2.05, 4.69) is 4.90 Å². The van der Waals surface area contributed by atoms with E-state index >= 15 is 0 Å². The van der Waals surface area contributed by atoms with E-state index in [4.69, 9.17) is 5.11 Å². The van der Waals surface area contributed by atoms with Crippen molar-refractivity contribution in [1.29, 1.82) is 0 Å². The van der Waals surface area contributed by atoms with Gasteiger partial charge >= 0.3 is 12.1 Å². The zero-order chi connectivity index (χ0) is 17.0. The number of nitrogens with zero attached hydrogens (tertiary/aromatic N) is 1. The Bertz CT molecular complexity index is 497. The number of aliphatic carboxylic acids is 1. The van der Waals surface area contributed by atoms with Crippen LogP contribution in [0.1, 0.15) is 43.2 Å². The first-order chi connectivity index (χ1) is 10.8. The molecule has 3 saturated heterocycles. The van der Waals surface area contributed by atoms with E-state index in [1.54, 1.807) is 0 Å². The van der Waals surface area contributed by atoms with E-state index in [1.807, 2.05) is 0 Å². The third kappa shape index (κ3) is 4.96. The number of benzene rings is 1. The summed E-state index contributed by atoms with van der Waals surface area (Å²) in [6.07, 6.45) is 0.0744. The molecule has 1 atom stereocenters. The molecule has 1 unspecified atom stereocenters. The Balaban J connectivity index is 0.000000198. The first-order valence-electron chi connectivity index (χ1n) is 7.89. The fourth-order valence-electron chi connectivity index (χ4n) is 2.97. The van der Waals surface area contributed by atoms with E-state index in [0.29, 0.717) is 5.56 Å². The second-order valence-corrected chi connectivity index (χ2v) is 6.25. The first kappa shape index (κ1) is 17.8. The van der Waals surface area contributed by atoms with Crippen LogP contribution in [0.3, 0.4) is 0 Å². The monoisotopic (exact) mass is 329 g/mol. The molecule has 2 bridgehead atoms. The lowest BCUT2D eigenvalue weighted by Gasteiger charge is -2.38. The van der Waals surface area contributed by atoms with Gasteiger partial charge in [0, 0.05) is 0 Å². The summed E-state index contributed by atoms with van der Waals surface area (Å²) in [6, 6.07) is 4.13. The Kier molecular flexibility index (Phi) is 5.68. The maximum absolute atomic E-state index is 12.2. The number of halogens is 3. The second-order valence-electron chi connectivity index (χ2n) is 6.25. The van der Waals surface area contributed by atoms with Gasteiger partial charge in [-0.05, 0) is 69.4 Å². The van der Waals surface area contributed by atoms with Gasteiger partial charge in [-0.1, -0.05) is 12.1 Å². The van der Waals surface area contributed by atoms with E-state index < -0.39 is 23.6 Å². The van der Waals surface area contributed by atoms with Crippen molar-refractivity contribution < 1.29 is 23.1 Å². The lowest BCUT2D eigenvalue weighted by atomic mass is 9.89. The van der Waals surface area contributed by atoms with Crippen LogP contribution in [-0.2, 0) is 11.0 Å². The molecule has 6 heteroatoms. The average Bonchev–Trinajstić information content (AvgIpc) is 2.56. The Hall–Kier alpha value is -1.56. The fraction of sp³-hybridized carbons (Fsp3) is 0.588. The maximum Gasteiger partial charge on any atom is 0.416 e. The molecule has 1 aromatic carbocycles. The third-order valence-electron chi connectivity index (χ3n) is 4.67. The largest absolute Gasteiger partial charge is 0.481 e. The molecule has 3 aliphatic heterocycles. The molecule has 1 N–H and O–H groups in total. The lowest BCUT2D eigenvalue weighted by molar-refractivity contribution is -0.138. The van der Waals surface area contributed by atoms with Gasteiger partial charge < -0.3 is 10.0 Å². The molecular formula is C17H22F3NO2. The molecule has 3 heterocycles. The summed E-state index contributed by atoms with van der Waals surface area (Å²) in [4.78, 5) is 13.1. The van der Waals surface area contributed by atoms with Crippen LogP contribution >= 0.6 is 0 Å². The number of alkyl halides is 3. The zero-order valence-electron chi connectivity index (χ0n) is 13.1. The normalized spacial score (nSPS) is 24.5. The van der Waals surface area contributed by atoms with Crippen LogP contribution in [0.5, 0.6) is 0 Å². The molecule has 0 radical (unpaired) electrons. The number of fused-ring (bicyclic) bond motifs is 3. The van der Waals surface area contributed by atoms with Crippen LogP contribution in [0.4, 0.5) is 13.2 Å². The molecular weight excluding hydrogens is 307 g/mol. The van der Waals surface area contributed by atoms with Gasteiger partial charge in [-0.2, -0.15) is 13.2 Å². The molecule has 0 spiro atoms. The molecule has 0 aliphatic carbocycles. The minimum absolute atomic E-state index is 0.357. The molecule has 4 rings (SSSR count). The van der Waals surface area contributed by atoms with Crippen molar-refractivity contribution in [3.8, 4) is 0 Å². The molecule has 0 amide bonds. The molecule has 23 heavy (non-hydrogen) atoms. The number of carboxylic acid groups (broad SMARTS) is 1. The molecule has 0 aromatic heterocycles. The summed E-state index contributed by atoms with van der Waals surface area (Å²) in [5.41, 5.74) is -0.417. The minimum Gasteiger partial charge on any atom is -0.481 e. The van der Waals surface area contributed by atoms with Gasteiger partial charge in [-0.3, -0.25) is 4.79 Å². The highest BCUT2D eigenvalue weighted by Crippen LogP contribution is 2.30. The number of rotatable bonds is 2. The van der Waals surface area contributed by atoms with Crippen molar-refractivity contribution in [2.24, 2.45) is 5.92 Å². The topological polar surface area (TPSA) is 40.5 Å². The predicted octanol–water partition coefficient (Wildman–Crippen LogP) is 4.00. The van der Waals surface area contributed by atoms with Crippen LogP contribution < -0.4 is 0 Å². The van der Waals surface area contributed by atoms with Gasteiger partial charge in [0.2, 0.25) is 0 Å². The van der Waals surface area contributed by atoms with Crippen molar-refractivity contribution in [1.82, 2.24) is 4.90 Å². The number of piperidine rings is 3. The maximum atomic E-state index is 12.2. The summed E-state index contributed by atoms with van der Waals surface area (Å²) in [7, 11) is 0. The van der Waals surface area contributed by atoms with Gasteiger partial charge in [0.1, 0.15) is 0 Å². The van der Waals surface area contributed by atoms with E-state index in [9.17, 15) is 18.0 Å². The molecule has 128 valence electrons. The Morgan fingerprint density at radius 2 is 1.61 bits per heavy atom. The lowest BCUT2D eigenvalue weighted by Crippen LogP contribution is -2.41. The Morgan fingerprint density at radius 3 is 1.87 bits per heavy atom. The number of hydrogen-bond donors (Lipinski definition) is 1. The molecule has 3 fully saturated rings. The summed E-state index contributed by atoms with van der Waals surface area (Å²) in [6.45, 7) is 5.60. The van der Waals surface area contributed by atoms with Gasteiger partial charge in [0.05, 0.1) is 11.5 Å². The molecule has 0 saturated carbocycles. The van der Waals surface area contributed by atoms with Crippen LogP contribution in [-0.4, -0.2) is 35.6 Å². The van der Waals surface area contributed by atoms with Gasteiger partial charge in [-0.15, -0.1) is 0 Å². The van der Waals surface area contributed by atoms with E-state index in [1.165, 1.54) is 58.0 Å². The Labute approximate surface area is 134 Å². The summed E-state index contributed by atoms with van der Waals surface area (Å²) in [5, 5.41) is 8.64. The number of hydrogen-bond acceptors (Lipinski definition) is 2. The smallest absolute Gasteiger partial charge is 0.416 e. The van der Waals surface area contributed by atoms with Gasteiger partial charge in [-0.25, -0.2) is 0 Å². The van der Waals surface area contributed by atoms with E-state index in [0.717, 1.165) is 18.1 Å². The molecule has 3 aliphatic rings. The number of carboxylic acids is 1. The van der Waals surface area contributed by atoms with Crippen molar-refractivity contribution in [2.75, 3.05) is 19.6 Å². The van der Waals surface area contributed by atoms with Crippen molar-refractivity contribution in [3.63, 3.8) is 0 Å². The fourth-order valence-corrected chi connectivity index (χ4v) is 2.97. The van der Waals surface area contributed by atoms with Crippen LogP contribution in [0.25, 0.3) is 0 Å². The highest BCUT2D eigenvalue weighted by molar-refractivity contribution is 5.75.